The lowest BCUT2D eigenvalue weighted by atomic mass is 10.1. The van der Waals surface area contributed by atoms with E-state index in [0.717, 1.165) is 11.3 Å². The first-order valence-corrected chi connectivity index (χ1v) is 6.53. The molecular formula is C15H9N5O2. The molecule has 2 aromatic heterocycles. The van der Waals surface area contributed by atoms with Crippen LogP contribution in [0, 0.1) is 11.3 Å². The van der Waals surface area contributed by atoms with Crippen LogP contribution in [0.2, 0.25) is 0 Å². The van der Waals surface area contributed by atoms with Gasteiger partial charge in [-0.05, 0) is 24.3 Å². The number of aromatic nitrogens is 4. The van der Waals surface area contributed by atoms with Gasteiger partial charge >= 0.3 is 0 Å². The summed E-state index contributed by atoms with van der Waals surface area (Å²) in [5.41, 5.74) is 2.33. The van der Waals surface area contributed by atoms with E-state index in [-0.39, 0.29) is 12.5 Å². The van der Waals surface area contributed by atoms with Crippen molar-refractivity contribution in [2.45, 2.75) is 0 Å². The van der Waals surface area contributed by atoms with E-state index in [4.69, 9.17) is 9.47 Å². The Hall–Kier alpha value is -3.40. The largest absolute Gasteiger partial charge is 0.454 e. The van der Waals surface area contributed by atoms with Gasteiger partial charge in [-0.3, -0.25) is 4.98 Å². The third-order valence-electron chi connectivity index (χ3n) is 3.31. The molecule has 0 spiro atoms. The van der Waals surface area contributed by atoms with Gasteiger partial charge in [-0.25, -0.2) is 4.68 Å². The summed E-state index contributed by atoms with van der Waals surface area (Å²) in [5.74, 6) is 1.33. The molecule has 1 aliphatic heterocycles. The summed E-state index contributed by atoms with van der Waals surface area (Å²) in [6.07, 6.45) is 3.34. The third kappa shape index (κ3) is 1.86. The summed E-state index contributed by atoms with van der Waals surface area (Å²) in [5, 5.41) is 17.3. The maximum atomic E-state index is 9.26. The Morgan fingerprint density at radius 1 is 1.18 bits per heavy atom. The minimum atomic E-state index is 0.203. The Kier molecular flexibility index (Phi) is 2.73. The average Bonchev–Trinajstić information content (AvgIpc) is 3.21. The minimum Gasteiger partial charge on any atom is -0.454 e. The molecule has 4 rings (SSSR count). The molecule has 3 aromatic rings. The molecule has 0 atom stereocenters. The van der Waals surface area contributed by atoms with Crippen molar-refractivity contribution >= 4 is 0 Å². The Morgan fingerprint density at radius 3 is 2.91 bits per heavy atom. The Balaban J connectivity index is 1.90. The number of nitrogens with zero attached hydrogens (tertiary/aromatic N) is 5. The van der Waals surface area contributed by atoms with Crippen molar-refractivity contribution in [3.8, 4) is 34.5 Å². The SMILES string of the molecule is N#Cc1nnn(-c2ccc3c(c2)OCO3)c1-c1cccnc1. The molecule has 7 heteroatoms. The van der Waals surface area contributed by atoms with Crippen LogP contribution in [0.1, 0.15) is 5.69 Å². The molecule has 0 N–H and O–H groups in total. The van der Waals surface area contributed by atoms with E-state index in [2.05, 4.69) is 21.4 Å². The molecule has 0 saturated heterocycles. The number of nitriles is 1. The molecule has 0 aliphatic carbocycles. The fraction of sp³-hybridized carbons (Fsp3) is 0.0667. The third-order valence-corrected chi connectivity index (χ3v) is 3.31. The van der Waals surface area contributed by atoms with Gasteiger partial charge in [-0.15, -0.1) is 5.10 Å². The predicted molar refractivity (Wildman–Crippen MR) is 75.4 cm³/mol. The second kappa shape index (κ2) is 4.86. The van der Waals surface area contributed by atoms with E-state index < -0.39 is 0 Å². The van der Waals surface area contributed by atoms with Crippen LogP contribution in [0.5, 0.6) is 11.5 Å². The monoisotopic (exact) mass is 291 g/mol. The second-order valence-electron chi connectivity index (χ2n) is 4.59. The number of hydrogen-bond acceptors (Lipinski definition) is 6. The van der Waals surface area contributed by atoms with E-state index in [9.17, 15) is 5.26 Å². The van der Waals surface area contributed by atoms with E-state index in [1.165, 1.54) is 0 Å². The van der Waals surface area contributed by atoms with Crippen LogP contribution < -0.4 is 9.47 Å². The van der Waals surface area contributed by atoms with Crippen molar-refractivity contribution in [2.24, 2.45) is 0 Å². The predicted octanol–water partition coefficient (Wildman–Crippen LogP) is 1.93. The van der Waals surface area contributed by atoms with Gasteiger partial charge < -0.3 is 9.47 Å². The molecule has 0 amide bonds. The van der Waals surface area contributed by atoms with Crippen molar-refractivity contribution in [3.05, 3.63) is 48.4 Å². The van der Waals surface area contributed by atoms with Crippen molar-refractivity contribution in [3.63, 3.8) is 0 Å². The van der Waals surface area contributed by atoms with Crippen LogP contribution in [-0.2, 0) is 0 Å². The van der Waals surface area contributed by atoms with Crippen LogP contribution in [0.4, 0.5) is 0 Å². The van der Waals surface area contributed by atoms with Crippen LogP contribution in [0.3, 0.4) is 0 Å². The maximum absolute atomic E-state index is 9.26. The zero-order chi connectivity index (χ0) is 14.9. The molecule has 0 bridgehead atoms. The summed E-state index contributed by atoms with van der Waals surface area (Å²) in [7, 11) is 0. The molecule has 106 valence electrons. The Labute approximate surface area is 125 Å². The van der Waals surface area contributed by atoms with Crippen molar-refractivity contribution in [1.29, 1.82) is 5.26 Å². The highest BCUT2D eigenvalue weighted by molar-refractivity contribution is 5.66. The molecule has 1 aromatic carbocycles. The molecular weight excluding hydrogens is 282 g/mol. The Bertz CT molecular complexity index is 883. The first kappa shape index (κ1) is 12.3. The molecule has 0 saturated carbocycles. The van der Waals surface area contributed by atoms with Crippen LogP contribution >= 0.6 is 0 Å². The summed E-state index contributed by atoms with van der Waals surface area (Å²) >= 11 is 0. The van der Waals surface area contributed by atoms with Crippen LogP contribution in [-0.4, -0.2) is 26.8 Å². The van der Waals surface area contributed by atoms with E-state index in [1.807, 2.05) is 12.1 Å². The van der Waals surface area contributed by atoms with E-state index >= 15 is 0 Å². The lowest BCUT2D eigenvalue weighted by molar-refractivity contribution is 0.174. The van der Waals surface area contributed by atoms with Gasteiger partial charge in [0.1, 0.15) is 11.8 Å². The zero-order valence-electron chi connectivity index (χ0n) is 11.3. The number of rotatable bonds is 2. The molecule has 0 radical (unpaired) electrons. The Morgan fingerprint density at radius 2 is 2.09 bits per heavy atom. The highest BCUT2D eigenvalue weighted by Crippen LogP contribution is 2.34. The smallest absolute Gasteiger partial charge is 0.231 e. The van der Waals surface area contributed by atoms with Crippen molar-refractivity contribution in [1.82, 2.24) is 20.0 Å². The molecule has 7 nitrogen and oxygen atoms in total. The van der Waals surface area contributed by atoms with Crippen molar-refractivity contribution in [2.75, 3.05) is 6.79 Å². The minimum absolute atomic E-state index is 0.203. The lowest BCUT2D eigenvalue weighted by Gasteiger charge is -2.07. The second-order valence-corrected chi connectivity index (χ2v) is 4.59. The summed E-state index contributed by atoms with van der Waals surface area (Å²) in [4.78, 5) is 4.09. The first-order valence-electron chi connectivity index (χ1n) is 6.53. The number of pyridine rings is 1. The quantitative estimate of drug-likeness (QED) is 0.717. The van der Waals surface area contributed by atoms with Gasteiger partial charge in [0.05, 0.1) is 5.69 Å². The number of fused-ring (bicyclic) bond motifs is 1. The lowest BCUT2D eigenvalue weighted by Crippen LogP contribution is -2.00. The molecule has 22 heavy (non-hydrogen) atoms. The number of ether oxygens (including phenoxy) is 2. The fourth-order valence-electron chi connectivity index (χ4n) is 2.32. The molecule has 0 fully saturated rings. The average molecular weight is 291 g/mol. The zero-order valence-corrected chi connectivity index (χ0v) is 11.3. The van der Waals surface area contributed by atoms with E-state index in [1.54, 1.807) is 35.3 Å². The van der Waals surface area contributed by atoms with Crippen LogP contribution in [0.15, 0.2) is 42.7 Å². The summed E-state index contributed by atoms with van der Waals surface area (Å²) in [6, 6.07) is 11.2. The number of hydrogen-bond donors (Lipinski definition) is 0. The maximum Gasteiger partial charge on any atom is 0.231 e. The van der Waals surface area contributed by atoms with Gasteiger partial charge in [-0.1, -0.05) is 5.21 Å². The van der Waals surface area contributed by atoms with Gasteiger partial charge in [0.2, 0.25) is 6.79 Å². The van der Waals surface area contributed by atoms with Gasteiger partial charge in [0, 0.05) is 24.0 Å². The molecule has 3 heterocycles. The topological polar surface area (TPSA) is 85.9 Å². The van der Waals surface area contributed by atoms with Crippen LogP contribution in [0.25, 0.3) is 16.9 Å². The van der Waals surface area contributed by atoms with E-state index in [0.29, 0.717) is 17.2 Å². The highest BCUT2D eigenvalue weighted by atomic mass is 16.7. The first-order chi connectivity index (χ1) is 10.9. The fourth-order valence-corrected chi connectivity index (χ4v) is 2.32. The number of benzene rings is 1. The van der Waals surface area contributed by atoms with Gasteiger partial charge in [0.15, 0.2) is 17.2 Å². The highest BCUT2D eigenvalue weighted by Gasteiger charge is 2.19. The summed E-state index contributed by atoms with van der Waals surface area (Å²) in [6.45, 7) is 0.203. The van der Waals surface area contributed by atoms with Gasteiger partial charge in [0.25, 0.3) is 0 Å². The summed E-state index contributed by atoms with van der Waals surface area (Å²) < 4.78 is 12.3. The normalized spacial score (nSPS) is 12.1. The molecule has 0 unspecified atom stereocenters. The van der Waals surface area contributed by atoms with Gasteiger partial charge in [-0.2, -0.15) is 5.26 Å². The van der Waals surface area contributed by atoms with Crippen molar-refractivity contribution < 1.29 is 9.47 Å². The standard InChI is InChI=1S/C15H9N5O2/c16-7-12-15(10-2-1-5-17-8-10)20(19-18-12)11-3-4-13-14(6-11)22-9-21-13/h1-6,8H,9H2. The molecule has 1 aliphatic rings.